The van der Waals surface area contributed by atoms with Crippen LogP contribution >= 0.6 is 0 Å². The van der Waals surface area contributed by atoms with Gasteiger partial charge in [-0.2, -0.15) is 5.10 Å². The molecule has 0 fully saturated rings. The predicted molar refractivity (Wildman–Crippen MR) is 75.1 cm³/mol. The first-order chi connectivity index (χ1) is 8.55. The molecule has 2 nitrogen and oxygen atoms in total. The van der Waals surface area contributed by atoms with Crippen LogP contribution in [0.5, 0.6) is 0 Å². The molecular weight excluding hydrogens is 246 g/mol. The maximum Gasteiger partial charge on any atom is 0.257 e. The highest BCUT2D eigenvalue weighted by Crippen LogP contribution is 2.36. The Morgan fingerprint density at radius 2 is 1.58 bits per heavy atom. The van der Waals surface area contributed by atoms with Crippen molar-refractivity contribution in [1.29, 1.82) is 0 Å². The molecule has 0 radical (unpaired) electrons. The molecule has 0 aliphatic heterocycles. The van der Waals surface area contributed by atoms with Crippen molar-refractivity contribution in [3.8, 4) is 0 Å². The van der Waals surface area contributed by atoms with Gasteiger partial charge in [0.1, 0.15) is 6.54 Å². The van der Waals surface area contributed by atoms with Crippen molar-refractivity contribution in [3.63, 3.8) is 0 Å². The Bertz CT molecular complexity index is 426. The van der Waals surface area contributed by atoms with E-state index in [0.717, 1.165) is 17.0 Å². The molecule has 0 amide bonds. The number of nitrogens with zero attached hydrogens (tertiary/aromatic N) is 2. The van der Waals surface area contributed by atoms with Crippen LogP contribution < -0.4 is 0 Å². The Morgan fingerprint density at radius 3 is 1.89 bits per heavy atom. The molecule has 0 N–H and O–H groups in total. The molecule has 0 atom stereocenters. The van der Waals surface area contributed by atoms with Gasteiger partial charge in [-0.3, -0.25) is 4.68 Å². The number of hydrogen-bond acceptors (Lipinski definition) is 1. The molecule has 0 aromatic carbocycles. The molecule has 110 valence electrons. The minimum atomic E-state index is -2.37. The lowest BCUT2D eigenvalue weighted by atomic mass is 9.81. The molecule has 0 aliphatic carbocycles. The SMILES string of the molecule is CC(C)c1nn(CC(F)F)c(C(C)C)c1C(C)(C)C. The lowest BCUT2D eigenvalue weighted by molar-refractivity contribution is 0.120. The molecule has 1 rings (SSSR count). The van der Waals surface area contributed by atoms with Crippen molar-refractivity contribution in [1.82, 2.24) is 9.78 Å². The molecule has 0 saturated heterocycles. The molecule has 0 unspecified atom stereocenters. The van der Waals surface area contributed by atoms with Crippen molar-refractivity contribution in [2.75, 3.05) is 0 Å². The first kappa shape index (κ1) is 16.1. The van der Waals surface area contributed by atoms with Crippen LogP contribution in [0.2, 0.25) is 0 Å². The molecule has 0 saturated carbocycles. The Balaban J connectivity index is 3.51. The van der Waals surface area contributed by atoms with Crippen LogP contribution in [0.15, 0.2) is 0 Å². The summed E-state index contributed by atoms with van der Waals surface area (Å²) in [4.78, 5) is 0. The summed E-state index contributed by atoms with van der Waals surface area (Å²) < 4.78 is 27.0. The average Bonchev–Trinajstić information content (AvgIpc) is 2.55. The summed E-state index contributed by atoms with van der Waals surface area (Å²) in [6, 6.07) is 0. The van der Waals surface area contributed by atoms with Gasteiger partial charge in [-0.15, -0.1) is 0 Å². The van der Waals surface area contributed by atoms with E-state index >= 15 is 0 Å². The van der Waals surface area contributed by atoms with Gasteiger partial charge in [0, 0.05) is 11.3 Å². The molecule has 0 aliphatic rings. The Kier molecular flexibility index (Phi) is 4.75. The maximum absolute atomic E-state index is 12.7. The van der Waals surface area contributed by atoms with Gasteiger partial charge in [-0.25, -0.2) is 8.78 Å². The van der Waals surface area contributed by atoms with Crippen LogP contribution in [0.1, 0.15) is 77.3 Å². The quantitative estimate of drug-likeness (QED) is 0.777. The lowest BCUT2D eigenvalue weighted by Crippen LogP contribution is -2.18. The van der Waals surface area contributed by atoms with E-state index in [1.165, 1.54) is 4.68 Å². The summed E-state index contributed by atoms with van der Waals surface area (Å²) >= 11 is 0. The predicted octanol–water partition coefficient (Wildman–Crippen LogP) is 4.69. The molecule has 1 heterocycles. The maximum atomic E-state index is 12.7. The Hall–Kier alpha value is -0.930. The van der Waals surface area contributed by atoms with Gasteiger partial charge >= 0.3 is 0 Å². The summed E-state index contributed by atoms with van der Waals surface area (Å²) in [6.45, 7) is 14.3. The highest BCUT2D eigenvalue weighted by Gasteiger charge is 2.30. The van der Waals surface area contributed by atoms with Gasteiger partial charge in [-0.1, -0.05) is 48.5 Å². The third-order valence-corrected chi connectivity index (χ3v) is 3.17. The van der Waals surface area contributed by atoms with E-state index in [0.29, 0.717) is 0 Å². The third kappa shape index (κ3) is 3.54. The van der Waals surface area contributed by atoms with Gasteiger partial charge in [0.15, 0.2) is 0 Å². The monoisotopic (exact) mass is 272 g/mol. The van der Waals surface area contributed by atoms with E-state index in [1.807, 2.05) is 13.8 Å². The highest BCUT2D eigenvalue weighted by atomic mass is 19.3. The number of alkyl halides is 2. The van der Waals surface area contributed by atoms with E-state index in [2.05, 4.69) is 39.7 Å². The van der Waals surface area contributed by atoms with E-state index in [4.69, 9.17) is 0 Å². The number of hydrogen-bond donors (Lipinski definition) is 0. The molecule has 1 aromatic rings. The Morgan fingerprint density at radius 1 is 1.05 bits per heavy atom. The average molecular weight is 272 g/mol. The van der Waals surface area contributed by atoms with Crippen molar-refractivity contribution < 1.29 is 8.78 Å². The van der Waals surface area contributed by atoms with Gasteiger partial charge in [0.05, 0.1) is 5.69 Å². The van der Waals surface area contributed by atoms with E-state index in [1.54, 1.807) is 0 Å². The molecule has 0 bridgehead atoms. The third-order valence-electron chi connectivity index (χ3n) is 3.17. The fourth-order valence-corrected chi connectivity index (χ4v) is 2.52. The van der Waals surface area contributed by atoms with Crippen LogP contribution in [0.4, 0.5) is 8.78 Å². The Labute approximate surface area is 115 Å². The molecular formula is C15H26F2N2. The van der Waals surface area contributed by atoms with Crippen LogP contribution in [-0.4, -0.2) is 16.2 Å². The normalized spacial score (nSPS) is 13.1. The zero-order chi connectivity index (χ0) is 15.0. The first-order valence-electron chi connectivity index (χ1n) is 6.94. The van der Waals surface area contributed by atoms with E-state index < -0.39 is 6.43 Å². The van der Waals surface area contributed by atoms with Gasteiger partial charge in [0.25, 0.3) is 6.43 Å². The number of rotatable bonds is 4. The van der Waals surface area contributed by atoms with Crippen LogP contribution in [0, 0.1) is 0 Å². The summed E-state index contributed by atoms with van der Waals surface area (Å²) in [7, 11) is 0. The van der Waals surface area contributed by atoms with Gasteiger partial charge in [-0.05, 0) is 17.3 Å². The van der Waals surface area contributed by atoms with Crippen LogP contribution in [0.3, 0.4) is 0 Å². The van der Waals surface area contributed by atoms with E-state index in [-0.39, 0.29) is 23.8 Å². The van der Waals surface area contributed by atoms with Crippen molar-refractivity contribution in [3.05, 3.63) is 17.0 Å². The highest BCUT2D eigenvalue weighted by molar-refractivity contribution is 5.36. The fraction of sp³-hybridized carbons (Fsp3) is 0.800. The second-order valence-corrected chi connectivity index (χ2v) is 6.78. The second-order valence-electron chi connectivity index (χ2n) is 6.78. The standard InChI is InChI=1S/C15H26F2N2/c1-9(2)13-12(15(5,6)7)14(10(3)4)19(18-13)8-11(16)17/h9-11H,8H2,1-7H3. The smallest absolute Gasteiger partial charge is 0.257 e. The van der Waals surface area contributed by atoms with Crippen LogP contribution in [-0.2, 0) is 12.0 Å². The number of aromatic nitrogens is 2. The summed E-state index contributed by atoms with van der Waals surface area (Å²) in [5.41, 5.74) is 2.96. The van der Waals surface area contributed by atoms with Crippen molar-refractivity contribution in [2.45, 2.75) is 78.7 Å². The molecule has 19 heavy (non-hydrogen) atoms. The number of halogens is 2. The van der Waals surface area contributed by atoms with Crippen molar-refractivity contribution in [2.24, 2.45) is 0 Å². The summed E-state index contributed by atoms with van der Waals surface area (Å²) in [6.07, 6.45) is -2.37. The second kappa shape index (κ2) is 5.59. The van der Waals surface area contributed by atoms with Gasteiger partial charge < -0.3 is 0 Å². The molecule has 1 aromatic heterocycles. The first-order valence-corrected chi connectivity index (χ1v) is 6.94. The van der Waals surface area contributed by atoms with E-state index in [9.17, 15) is 8.78 Å². The topological polar surface area (TPSA) is 17.8 Å². The summed E-state index contributed by atoms with van der Waals surface area (Å²) in [5.74, 6) is 0.429. The minimum absolute atomic E-state index is 0.0838. The largest absolute Gasteiger partial charge is 0.263 e. The van der Waals surface area contributed by atoms with Crippen molar-refractivity contribution >= 4 is 0 Å². The summed E-state index contributed by atoms with van der Waals surface area (Å²) in [5, 5.41) is 4.47. The molecule has 0 spiro atoms. The van der Waals surface area contributed by atoms with Gasteiger partial charge in [0.2, 0.25) is 0 Å². The van der Waals surface area contributed by atoms with Crippen LogP contribution in [0.25, 0.3) is 0 Å². The molecule has 4 heteroatoms. The zero-order valence-corrected chi connectivity index (χ0v) is 13.1. The fourth-order valence-electron chi connectivity index (χ4n) is 2.52. The minimum Gasteiger partial charge on any atom is -0.263 e. The zero-order valence-electron chi connectivity index (χ0n) is 13.1. The lowest BCUT2D eigenvalue weighted by Gasteiger charge is -2.24.